The summed E-state index contributed by atoms with van der Waals surface area (Å²) in [5, 5.41) is 54.4. The standard InChI is InChI=1S/C55H101NO8/c1-3-5-7-9-11-13-15-16-17-18-19-20-21-22-23-24-25-26-27-28-29-30-31-32-33-34-35-37-39-41-43-45-51(59)56-48(47-63-55-54(62)53(61)52(60)50(46-57)64-55)49(58)44-42-40-38-36-14-12-10-8-6-4-2/h5,7,11,13,16-17,19-20,48-50,52-55,57-58,60-62H,3-4,6,8-10,12,14-15,18,21-47H2,1-2H3,(H,56,59)/b7-5-,13-11-,17-16-,20-19-. The Kier molecular flexibility index (Phi) is 42.3. The first kappa shape index (κ1) is 60.2. The second-order valence-corrected chi connectivity index (χ2v) is 18.6. The highest BCUT2D eigenvalue weighted by Crippen LogP contribution is 2.23. The predicted molar refractivity (Wildman–Crippen MR) is 267 cm³/mol. The van der Waals surface area contributed by atoms with Gasteiger partial charge >= 0.3 is 0 Å². The molecular formula is C55H101NO8. The van der Waals surface area contributed by atoms with Crippen LogP contribution in [-0.4, -0.2) is 87.5 Å². The molecule has 7 atom stereocenters. The summed E-state index contributed by atoms with van der Waals surface area (Å²) in [6.07, 6.45) is 51.5. The first-order valence-electron chi connectivity index (χ1n) is 26.8. The van der Waals surface area contributed by atoms with E-state index in [2.05, 4.69) is 67.8 Å². The van der Waals surface area contributed by atoms with Crippen LogP contribution >= 0.6 is 0 Å². The molecule has 0 saturated carbocycles. The maximum Gasteiger partial charge on any atom is 0.220 e. The summed E-state index contributed by atoms with van der Waals surface area (Å²) in [7, 11) is 0. The average molecular weight is 904 g/mol. The van der Waals surface area contributed by atoms with Crippen molar-refractivity contribution in [1.29, 1.82) is 0 Å². The molecule has 7 unspecified atom stereocenters. The molecule has 0 radical (unpaired) electrons. The van der Waals surface area contributed by atoms with Crippen LogP contribution in [0.1, 0.15) is 239 Å². The van der Waals surface area contributed by atoms with Crippen molar-refractivity contribution < 1.29 is 39.8 Å². The lowest BCUT2D eigenvalue weighted by Crippen LogP contribution is -2.60. The molecule has 9 nitrogen and oxygen atoms in total. The van der Waals surface area contributed by atoms with E-state index in [9.17, 15) is 30.3 Å². The molecule has 0 bridgehead atoms. The Hall–Kier alpha value is -1.85. The Balaban J connectivity index is 2.10. The second-order valence-electron chi connectivity index (χ2n) is 18.6. The first-order chi connectivity index (χ1) is 31.3. The summed E-state index contributed by atoms with van der Waals surface area (Å²) in [4.78, 5) is 13.0. The van der Waals surface area contributed by atoms with Gasteiger partial charge in [0.25, 0.3) is 0 Å². The third-order valence-corrected chi connectivity index (χ3v) is 12.7. The molecule has 9 heteroatoms. The van der Waals surface area contributed by atoms with Gasteiger partial charge in [0.1, 0.15) is 24.4 Å². The lowest BCUT2D eigenvalue weighted by Gasteiger charge is -2.40. The molecular weight excluding hydrogens is 803 g/mol. The predicted octanol–water partition coefficient (Wildman–Crippen LogP) is 12.6. The minimum Gasteiger partial charge on any atom is -0.394 e. The van der Waals surface area contributed by atoms with Gasteiger partial charge in [-0.15, -0.1) is 0 Å². The van der Waals surface area contributed by atoms with Crippen molar-refractivity contribution in [3.8, 4) is 0 Å². The first-order valence-corrected chi connectivity index (χ1v) is 26.8. The van der Waals surface area contributed by atoms with Crippen molar-refractivity contribution in [2.75, 3.05) is 13.2 Å². The molecule has 0 aromatic rings. The Bertz CT molecular complexity index is 1140. The normalized spacial score (nSPS) is 20.4. The molecule has 0 aromatic heterocycles. The zero-order chi connectivity index (χ0) is 46.6. The maximum atomic E-state index is 13.0. The van der Waals surface area contributed by atoms with Crippen LogP contribution in [0.25, 0.3) is 0 Å². The average Bonchev–Trinajstić information content (AvgIpc) is 3.29. The molecule has 1 amide bonds. The number of nitrogens with one attached hydrogen (secondary N) is 1. The fourth-order valence-corrected chi connectivity index (χ4v) is 8.45. The molecule has 1 rings (SSSR count). The van der Waals surface area contributed by atoms with Crippen LogP contribution < -0.4 is 5.32 Å². The smallest absolute Gasteiger partial charge is 0.220 e. The van der Waals surface area contributed by atoms with Gasteiger partial charge < -0.3 is 40.3 Å². The molecule has 374 valence electrons. The highest BCUT2D eigenvalue weighted by molar-refractivity contribution is 5.76. The Morgan fingerprint density at radius 3 is 1.44 bits per heavy atom. The van der Waals surface area contributed by atoms with Gasteiger partial charge in [-0.25, -0.2) is 0 Å². The van der Waals surface area contributed by atoms with Crippen molar-refractivity contribution in [3.63, 3.8) is 0 Å². The summed E-state index contributed by atoms with van der Waals surface area (Å²) in [6.45, 7) is 3.71. The van der Waals surface area contributed by atoms with Gasteiger partial charge in [-0.2, -0.15) is 0 Å². The molecule has 0 aliphatic carbocycles. The molecule has 64 heavy (non-hydrogen) atoms. The number of unbranched alkanes of at least 4 members (excludes halogenated alkanes) is 27. The zero-order valence-corrected chi connectivity index (χ0v) is 41.3. The van der Waals surface area contributed by atoms with Gasteiger partial charge in [0.2, 0.25) is 5.91 Å². The highest BCUT2D eigenvalue weighted by atomic mass is 16.7. The van der Waals surface area contributed by atoms with E-state index in [1.54, 1.807) is 0 Å². The van der Waals surface area contributed by atoms with Gasteiger partial charge in [-0.3, -0.25) is 4.79 Å². The van der Waals surface area contributed by atoms with Crippen LogP contribution in [0.15, 0.2) is 48.6 Å². The van der Waals surface area contributed by atoms with Gasteiger partial charge in [0.15, 0.2) is 6.29 Å². The number of allylic oxidation sites excluding steroid dienone is 8. The fraction of sp³-hybridized carbons (Fsp3) is 0.836. The van der Waals surface area contributed by atoms with E-state index >= 15 is 0 Å². The largest absolute Gasteiger partial charge is 0.394 e. The molecule has 1 saturated heterocycles. The number of aliphatic hydroxyl groups excluding tert-OH is 5. The van der Waals surface area contributed by atoms with Crippen molar-refractivity contribution in [2.45, 2.75) is 281 Å². The van der Waals surface area contributed by atoms with Crippen LogP contribution in [0.3, 0.4) is 0 Å². The number of rotatable bonds is 45. The lowest BCUT2D eigenvalue weighted by atomic mass is 9.99. The Morgan fingerprint density at radius 2 is 0.969 bits per heavy atom. The molecule has 0 spiro atoms. The van der Waals surface area contributed by atoms with Crippen LogP contribution in [-0.2, 0) is 14.3 Å². The molecule has 1 heterocycles. The van der Waals surface area contributed by atoms with Crippen molar-refractivity contribution in [2.24, 2.45) is 0 Å². The summed E-state index contributed by atoms with van der Waals surface area (Å²) >= 11 is 0. The van der Waals surface area contributed by atoms with Gasteiger partial charge in [-0.05, 0) is 51.4 Å². The Morgan fingerprint density at radius 1 is 0.547 bits per heavy atom. The van der Waals surface area contributed by atoms with E-state index < -0.39 is 49.5 Å². The SMILES string of the molecule is CC/C=C\C/C=C\C/C=C\C/C=C\CCCCCCCCCCCCCCCCCCCCC(=O)NC(COC1OC(CO)C(O)C(O)C1O)C(O)CCCCCCCCCCCC. The summed E-state index contributed by atoms with van der Waals surface area (Å²) in [5.74, 6) is -0.145. The fourth-order valence-electron chi connectivity index (χ4n) is 8.45. The maximum absolute atomic E-state index is 13.0. The summed E-state index contributed by atoms with van der Waals surface area (Å²) in [5.41, 5.74) is 0. The van der Waals surface area contributed by atoms with Crippen LogP contribution in [0.4, 0.5) is 0 Å². The lowest BCUT2D eigenvalue weighted by molar-refractivity contribution is -0.302. The number of ether oxygens (including phenoxy) is 2. The number of hydrogen-bond acceptors (Lipinski definition) is 8. The monoisotopic (exact) mass is 904 g/mol. The number of hydrogen-bond donors (Lipinski definition) is 6. The highest BCUT2D eigenvalue weighted by Gasteiger charge is 2.44. The number of carbonyl (C=O) groups is 1. The van der Waals surface area contributed by atoms with E-state index in [-0.39, 0.29) is 12.5 Å². The second kappa shape index (κ2) is 45.0. The third kappa shape index (κ3) is 34.5. The number of amides is 1. The van der Waals surface area contributed by atoms with Crippen molar-refractivity contribution >= 4 is 5.91 Å². The minimum atomic E-state index is -1.55. The van der Waals surface area contributed by atoms with Gasteiger partial charge in [0.05, 0.1) is 25.4 Å². The van der Waals surface area contributed by atoms with E-state index in [0.29, 0.717) is 12.8 Å². The van der Waals surface area contributed by atoms with Crippen molar-refractivity contribution in [3.05, 3.63) is 48.6 Å². The van der Waals surface area contributed by atoms with E-state index in [4.69, 9.17) is 9.47 Å². The Labute approximate surface area is 393 Å². The molecule has 6 N–H and O–H groups in total. The summed E-state index contributed by atoms with van der Waals surface area (Å²) < 4.78 is 11.3. The van der Waals surface area contributed by atoms with Crippen LogP contribution in [0, 0.1) is 0 Å². The van der Waals surface area contributed by atoms with E-state index in [1.807, 2.05) is 0 Å². The third-order valence-electron chi connectivity index (χ3n) is 12.7. The minimum absolute atomic E-state index is 0.137. The van der Waals surface area contributed by atoms with E-state index in [0.717, 1.165) is 64.2 Å². The number of aliphatic hydroxyl groups is 5. The van der Waals surface area contributed by atoms with Crippen molar-refractivity contribution in [1.82, 2.24) is 5.32 Å². The quantitative estimate of drug-likeness (QED) is 0.0261. The summed E-state index contributed by atoms with van der Waals surface area (Å²) in [6, 6.07) is -0.716. The van der Waals surface area contributed by atoms with E-state index in [1.165, 1.54) is 148 Å². The topological polar surface area (TPSA) is 149 Å². The van der Waals surface area contributed by atoms with Gasteiger partial charge in [0, 0.05) is 6.42 Å². The molecule has 1 fully saturated rings. The molecule has 0 aromatic carbocycles. The molecule has 1 aliphatic rings. The van der Waals surface area contributed by atoms with Crippen LogP contribution in [0.5, 0.6) is 0 Å². The zero-order valence-electron chi connectivity index (χ0n) is 41.3. The van der Waals surface area contributed by atoms with Crippen LogP contribution in [0.2, 0.25) is 0 Å². The molecule has 1 aliphatic heterocycles. The van der Waals surface area contributed by atoms with Gasteiger partial charge in [-0.1, -0.05) is 229 Å². The number of carbonyl (C=O) groups excluding carboxylic acids is 1.